The van der Waals surface area contributed by atoms with E-state index in [9.17, 15) is 4.79 Å². The van der Waals surface area contributed by atoms with Crippen LogP contribution in [0.25, 0.3) is 11.0 Å². The van der Waals surface area contributed by atoms with Gasteiger partial charge >= 0.3 is 0 Å². The average molecular weight is 425 g/mol. The summed E-state index contributed by atoms with van der Waals surface area (Å²) in [7, 11) is 0. The number of hydrogen-bond acceptors (Lipinski definition) is 4. The van der Waals surface area contributed by atoms with Crippen molar-refractivity contribution in [1.29, 1.82) is 0 Å². The summed E-state index contributed by atoms with van der Waals surface area (Å²) in [6.07, 6.45) is 0.466. The Balaban J connectivity index is 1.42. The topological polar surface area (TPSA) is 50.6 Å². The average Bonchev–Trinajstić information content (AvgIpc) is 3.33. The monoisotopic (exact) mass is 424 g/mol. The van der Waals surface area contributed by atoms with Crippen LogP contribution in [0.2, 0.25) is 5.02 Å². The van der Waals surface area contributed by atoms with Gasteiger partial charge in [0.05, 0.1) is 24.2 Å². The van der Waals surface area contributed by atoms with Crippen LogP contribution < -0.4 is 4.90 Å². The highest BCUT2D eigenvalue weighted by atomic mass is 35.5. The number of carbonyl (C=O) groups excluding carboxylic acids is 1. The third-order valence-electron chi connectivity index (χ3n) is 6.04. The van der Waals surface area contributed by atoms with Gasteiger partial charge in [-0.3, -0.25) is 9.69 Å². The molecule has 5 rings (SSSR count). The third kappa shape index (κ3) is 3.83. The Morgan fingerprint density at radius 1 is 1.07 bits per heavy atom. The van der Waals surface area contributed by atoms with E-state index in [0.29, 0.717) is 18.0 Å². The molecule has 156 valence electrons. The van der Waals surface area contributed by atoms with Gasteiger partial charge in [-0.15, -0.1) is 0 Å². The number of rotatable bonds is 5. The number of benzene rings is 2. The largest absolute Gasteiger partial charge is 0.379 e. The number of carbonyl (C=O) groups is 1. The number of halogens is 1. The van der Waals surface area contributed by atoms with Gasteiger partial charge in [0.25, 0.3) is 0 Å². The fourth-order valence-electron chi connectivity index (χ4n) is 4.48. The van der Waals surface area contributed by atoms with Gasteiger partial charge in [0.1, 0.15) is 5.82 Å². The second-order valence-corrected chi connectivity index (χ2v) is 8.39. The molecule has 0 N–H and O–H groups in total. The lowest BCUT2D eigenvalue weighted by Gasteiger charge is -2.27. The lowest BCUT2D eigenvalue weighted by atomic mass is 10.1. The highest BCUT2D eigenvalue weighted by Crippen LogP contribution is 2.34. The molecular weight excluding hydrogens is 400 g/mol. The summed E-state index contributed by atoms with van der Waals surface area (Å²) in [5, 5.41) is 0.640. The van der Waals surface area contributed by atoms with Gasteiger partial charge in [0.15, 0.2) is 0 Å². The van der Waals surface area contributed by atoms with Gasteiger partial charge < -0.3 is 14.2 Å². The van der Waals surface area contributed by atoms with Crippen molar-refractivity contribution >= 4 is 34.2 Å². The summed E-state index contributed by atoms with van der Waals surface area (Å²) < 4.78 is 7.78. The molecule has 0 bridgehead atoms. The molecule has 2 aliphatic heterocycles. The zero-order chi connectivity index (χ0) is 20.5. The highest BCUT2D eigenvalue weighted by molar-refractivity contribution is 6.30. The van der Waals surface area contributed by atoms with E-state index >= 15 is 0 Å². The van der Waals surface area contributed by atoms with Crippen LogP contribution >= 0.6 is 11.6 Å². The lowest BCUT2D eigenvalue weighted by Crippen LogP contribution is -2.38. The zero-order valence-corrected chi connectivity index (χ0v) is 17.6. The summed E-state index contributed by atoms with van der Waals surface area (Å²) >= 11 is 6.15. The van der Waals surface area contributed by atoms with Gasteiger partial charge in [0.2, 0.25) is 5.91 Å². The number of amides is 1. The molecular formula is C23H25ClN4O2. The fraction of sp³-hybridized carbons (Fsp3) is 0.391. The van der Waals surface area contributed by atoms with Crippen molar-refractivity contribution in [2.45, 2.75) is 18.9 Å². The predicted molar refractivity (Wildman–Crippen MR) is 118 cm³/mol. The van der Waals surface area contributed by atoms with E-state index in [0.717, 1.165) is 61.9 Å². The Labute approximate surface area is 181 Å². The second-order valence-electron chi connectivity index (χ2n) is 7.95. The molecule has 0 aliphatic carbocycles. The van der Waals surface area contributed by atoms with Gasteiger partial charge in [-0.2, -0.15) is 0 Å². The normalized spacial score (nSPS) is 20.4. The number of morpholine rings is 1. The molecule has 1 atom stereocenters. The molecule has 6 nitrogen and oxygen atoms in total. The number of imidazole rings is 1. The molecule has 0 saturated carbocycles. The molecule has 0 spiro atoms. The van der Waals surface area contributed by atoms with Crippen molar-refractivity contribution in [3.05, 3.63) is 59.4 Å². The summed E-state index contributed by atoms with van der Waals surface area (Å²) in [4.78, 5) is 22.0. The summed E-state index contributed by atoms with van der Waals surface area (Å²) in [6.45, 7) is 5.96. The molecule has 2 fully saturated rings. The first-order chi connectivity index (χ1) is 14.7. The van der Waals surface area contributed by atoms with E-state index in [1.54, 1.807) is 0 Å². The van der Waals surface area contributed by atoms with Crippen LogP contribution in [0.3, 0.4) is 0 Å². The Hall–Kier alpha value is -2.41. The fourth-order valence-corrected chi connectivity index (χ4v) is 4.67. The van der Waals surface area contributed by atoms with Crippen molar-refractivity contribution in [2.75, 3.05) is 44.3 Å². The van der Waals surface area contributed by atoms with E-state index in [1.165, 1.54) is 0 Å². The predicted octanol–water partition coefficient (Wildman–Crippen LogP) is 3.54. The van der Waals surface area contributed by atoms with Crippen LogP contribution in [-0.4, -0.2) is 59.8 Å². The molecule has 3 aromatic rings. The number of anilines is 1. The third-order valence-corrected chi connectivity index (χ3v) is 6.27. The van der Waals surface area contributed by atoms with Gasteiger partial charge in [0, 0.05) is 55.8 Å². The van der Waals surface area contributed by atoms with Crippen LogP contribution in [0.5, 0.6) is 0 Å². The van der Waals surface area contributed by atoms with Crippen molar-refractivity contribution in [2.24, 2.45) is 0 Å². The number of para-hydroxylation sites is 2. The molecule has 2 saturated heterocycles. The molecule has 3 heterocycles. The van der Waals surface area contributed by atoms with Crippen LogP contribution in [0.1, 0.15) is 18.2 Å². The van der Waals surface area contributed by atoms with Crippen molar-refractivity contribution in [1.82, 2.24) is 14.5 Å². The molecule has 1 amide bonds. The molecule has 2 aliphatic rings. The van der Waals surface area contributed by atoms with Gasteiger partial charge in [-0.25, -0.2) is 4.98 Å². The summed E-state index contributed by atoms with van der Waals surface area (Å²) in [5.74, 6) is 1.19. The quantitative estimate of drug-likeness (QED) is 0.628. The molecule has 30 heavy (non-hydrogen) atoms. The van der Waals surface area contributed by atoms with Crippen LogP contribution in [-0.2, 0) is 16.1 Å². The Morgan fingerprint density at radius 2 is 1.90 bits per heavy atom. The Kier molecular flexibility index (Phi) is 5.46. The van der Waals surface area contributed by atoms with E-state index in [4.69, 9.17) is 21.3 Å². The number of fused-ring (bicyclic) bond motifs is 1. The Morgan fingerprint density at radius 3 is 2.73 bits per heavy atom. The van der Waals surface area contributed by atoms with Gasteiger partial charge in [-0.1, -0.05) is 29.8 Å². The van der Waals surface area contributed by atoms with Crippen LogP contribution in [0, 0.1) is 0 Å². The number of ether oxygens (including phenoxy) is 1. The van der Waals surface area contributed by atoms with Crippen molar-refractivity contribution in [3.8, 4) is 0 Å². The number of aromatic nitrogens is 2. The molecule has 0 radical (unpaired) electrons. The van der Waals surface area contributed by atoms with Crippen molar-refractivity contribution in [3.63, 3.8) is 0 Å². The minimum absolute atomic E-state index is 0.0635. The van der Waals surface area contributed by atoms with E-state index in [2.05, 4.69) is 27.7 Å². The van der Waals surface area contributed by atoms with E-state index in [1.807, 2.05) is 35.2 Å². The number of hydrogen-bond donors (Lipinski definition) is 0. The highest BCUT2D eigenvalue weighted by Gasteiger charge is 2.35. The number of nitrogens with zero attached hydrogens (tertiary/aromatic N) is 4. The van der Waals surface area contributed by atoms with Crippen molar-refractivity contribution < 1.29 is 9.53 Å². The lowest BCUT2D eigenvalue weighted by molar-refractivity contribution is -0.117. The van der Waals surface area contributed by atoms with E-state index < -0.39 is 0 Å². The molecule has 7 heteroatoms. The minimum Gasteiger partial charge on any atom is -0.379 e. The standard InChI is InChI=1S/C23H25ClN4O2/c24-18-4-3-5-19(15-18)28-16-17(14-22(28)29)23-25-20-6-1-2-7-21(20)27(23)9-8-26-10-12-30-13-11-26/h1-7,15,17H,8-14,16H2/t17-/m0/s1. The maximum absolute atomic E-state index is 12.8. The summed E-state index contributed by atoms with van der Waals surface area (Å²) in [5.41, 5.74) is 2.98. The minimum atomic E-state index is 0.0635. The van der Waals surface area contributed by atoms with Gasteiger partial charge in [-0.05, 0) is 30.3 Å². The van der Waals surface area contributed by atoms with Crippen LogP contribution in [0.4, 0.5) is 5.69 Å². The van der Waals surface area contributed by atoms with E-state index in [-0.39, 0.29) is 11.8 Å². The maximum atomic E-state index is 12.8. The SMILES string of the molecule is O=C1C[C@H](c2nc3ccccc3n2CCN2CCOCC2)CN1c1cccc(Cl)c1. The molecule has 2 aromatic carbocycles. The van der Waals surface area contributed by atoms with Crippen LogP contribution in [0.15, 0.2) is 48.5 Å². The summed E-state index contributed by atoms with van der Waals surface area (Å²) in [6, 6.07) is 15.7. The first-order valence-corrected chi connectivity index (χ1v) is 10.9. The second kappa shape index (κ2) is 8.38. The molecule has 0 unspecified atom stereocenters. The maximum Gasteiger partial charge on any atom is 0.227 e. The zero-order valence-electron chi connectivity index (χ0n) is 16.8. The first-order valence-electron chi connectivity index (χ1n) is 10.5. The molecule has 1 aromatic heterocycles. The Bertz CT molecular complexity index is 1060. The first kappa shape index (κ1) is 19.5. The smallest absolute Gasteiger partial charge is 0.227 e.